The van der Waals surface area contributed by atoms with Crippen LogP contribution >= 0.6 is 0 Å². The summed E-state index contributed by atoms with van der Waals surface area (Å²) in [5.41, 5.74) is 1.26. The molecular formula is C15H24N4O. The highest BCUT2D eigenvalue weighted by molar-refractivity contribution is 5.78. The van der Waals surface area contributed by atoms with Gasteiger partial charge in [0.25, 0.3) is 0 Å². The normalized spacial score (nSPS) is 16.2. The van der Waals surface area contributed by atoms with E-state index < -0.39 is 0 Å². The van der Waals surface area contributed by atoms with Gasteiger partial charge in [0.05, 0.1) is 6.54 Å². The molecule has 0 saturated carbocycles. The van der Waals surface area contributed by atoms with Crippen LogP contribution in [0.4, 0.5) is 0 Å². The Bertz CT molecular complexity index is 402. The average Bonchev–Trinajstić information content (AvgIpc) is 2.75. The number of pyridine rings is 1. The Morgan fingerprint density at radius 2 is 2.15 bits per heavy atom. The quantitative estimate of drug-likeness (QED) is 0.844. The summed E-state index contributed by atoms with van der Waals surface area (Å²) in [6, 6.07) is 4.05. The second-order valence-corrected chi connectivity index (χ2v) is 5.33. The third-order valence-electron chi connectivity index (χ3n) is 3.63. The second-order valence-electron chi connectivity index (χ2n) is 5.33. The molecular weight excluding hydrogens is 252 g/mol. The Balaban J connectivity index is 1.73. The van der Waals surface area contributed by atoms with Gasteiger partial charge in [-0.1, -0.05) is 0 Å². The van der Waals surface area contributed by atoms with Gasteiger partial charge in [-0.2, -0.15) is 0 Å². The van der Waals surface area contributed by atoms with Crippen molar-refractivity contribution < 1.29 is 4.79 Å². The minimum atomic E-state index is 0.242. The molecule has 2 rings (SSSR count). The van der Waals surface area contributed by atoms with Crippen molar-refractivity contribution in [1.82, 2.24) is 20.1 Å². The van der Waals surface area contributed by atoms with Gasteiger partial charge in [-0.25, -0.2) is 0 Å². The first-order chi connectivity index (χ1) is 9.75. The molecule has 1 aliphatic heterocycles. The first kappa shape index (κ1) is 14.9. The summed E-state index contributed by atoms with van der Waals surface area (Å²) >= 11 is 0. The van der Waals surface area contributed by atoms with E-state index in [0.717, 1.165) is 45.6 Å². The molecule has 20 heavy (non-hydrogen) atoms. The van der Waals surface area contributed by atoms with Gasteiger partial charge in [0.15, 0.2) is 0 Å². The molecule has 2 heterocycles. The van der Waals surface area contributed by atoms with Crippen LogP contribution in [0.2, 0.25) is 0 Å². The number of hydrogen-bond donors (Lipinski definition) is 1. The molecule has 1 aromatic heterocycles. The third kappa shape index (κ3) is 4.90. The zero-order chi connectivity index (χ0) is 14.2. The number of hydrogen-bond acceptors (Lipinski definition) is 4. The summed E-state index contributed by atoms with van der Waals surface area (Å²) in [6.07, 6.45) is 5.62. The molecule has 1 amide bonds. The van der Waals surface area contributed by atoms with Crippen LogP contribution < -0.4 is 5.32 Å². The zero-order valence-corrected chi connectivity index (χ0v) is 12.2. The molecule has 0 spiro atoms. The van der Waals surface area contributed by atoms with Crippen LogP contribution in [-0.4, -0.2) is 67.0 Å². The standard InChI is InChI=1S/C15H24N4O/c1-18(11-5-14-3-7-17-8-4-14)13-15(20)19-10-2-6-16-9-12-19/h3-4,7-8,16H,2,5-6,9-13H2,1H3. The summed E-state index contributed by atoms with van der Waals surface area (Å²) in [5.74, 6) is 0.242. The number of carbonyl (C=O) groups excluding carboxylic acids is 1. The lowest BCUT2D eigenvalue weighted by Gasteiger charge is -2.23. The molecule has 1 N–H and O–H groups in total. The van der Waals surface area contributed by atoms with Crippen molar-refractivity contribution in [1.29, 1.82) is 0 Å². The van der Waals surface area contributed by atoms with Crippen LogP contribution in [0.5, 0.6) is 0 Å². The van der Waals surface area contributed by atoms with Crippen molar-refractivity contribution in [3.05, 3.63) is 30.1 Å². The molecule has 1 aromatic rings. The monoisotopic (exact) mass is 276 g/mol. The summed E-state index contributed by atoms with van der Waals surface area (Å²) in [5, 5.41) is 3.32. The summed E-state index contributed by atoms with van der Waals surface area (Å²) in [4.78, 5) is 20.3. The van der Waals surface area contributed by atoms with Crippen LogP contribution in [0.3, 0.4) is 0 Å². The SMILES string of the molecule is CN(CCc1ccncc1)CC(=O)N1CCCNCC1. The zero-order valence-electron chi connectivity index (χ0n) is 12.2. The maximum Gasteiger partial charge on any atom is 0.236 e. The predicted molar refractivity (Wildman–Crippen MR) is 79.5 cm³/mol. The van der Waals surface area contributed by atoms with Crippen LogP contribution in [0.1, 0.15) is 12.0 Å². The minimum absolute atomic E-state index is 0.242. The maximum absolute atomic E-state index is 12.2. The molecule has 5 nitrogen and oxygen atoms in total. The molecule has 110 valence electrons. The first-order valence-corrected chi connectivity index (χ1v) is 7.31. The lowest BCUT2D eigenvalue weighted by Crippen LogP contribution is -2.41. The highest BCUT2D eigenvalue weighted by Gasteiger charge is 2.16. The fraction of sp³-hybridized carbons (Fsp3) is 0.600. The van der Waals surface area contributed by atoms with E-state index >= 15 is 0 Å². The Hall–Kier alpha value is -1.46. The van der Waals surface area contributed by atoms with Gasteiger partial charge in [0, 0.05) is 38.6 Å². The number of rotatable bonds is 5. The number of amides is 1. The van der Waals surface area contributed by atoms with E-state index in [4.69, 9.17) is 0 Å². The van der Waals surface area contributed by atoms with Gasteiger partial charge in [-0.05, 0) is 44.1 Å². The molecule has 5 heteroatoms. The molecule has 0 radical (unpaired) electrons. The molecule has 0 aromatic carbocycles. The molecule has 1 fully saturated rings. The fourth-order valence-electron chi connectivity index (χ4n) is 2.37. The van der Waals surface area contributed by atoms with Crippen molar-refractivity contribution in [2.75, 3.05) is 46.3 Å². The van der Waals surface area contributed by atoms with Crippen LogP contribution in [-0.2, 0) is 11.2 Å². The number of nitrogens with one attached hydrogen (secondary N) is 1. The number of aromatic nitrogens is 1. The minimum Gasteiger partial charge on any atom is -0.340 e. The number of carbonyl (C=O) groups is 1. The number of nitrogens with zero attached hydrogens (tertiary/aromatic N) is 3. The average molecular weight is 276 g/mol. The fourth-order valence-corrected chi connectivity index (χ4v) is 2.37. The Morgan fingerprint density at radius 3 is 2.95 bits per heavy atom. The molecule has 1 aliphatic rings. The Labute approximate surface area is 121 Å². The van der Waals surface area contributed by atoms with Gasteiger partial charge in [-0.15, -0.1) is 0 Å². The van der Waals surface area contributed by atoms with E-state index in [1.165, 1.54) is 5.56 Å². The largest absolute Gasteiger partial charge is 0.340 e. The van der Waals surface area contributed by atoms with Gasteiger partial charge >= 0.3 is 0 Å². The molecule has 0 unspecified atom stereocenters. The van der Waals surface area contributed by atoms with E-state index in [-0.39, 0.29) is 5.91 Å². The van der Waals surface area contributed by atoms with E-state index in [1.807, 2.05) is 36.5 Å². The predicted octanol–water partition coefficient (Wildman–Crippen LogP) is 0.378. The van der Waals surface area contributed by atoms with E-state index in [2.05, 4.69) is 15.2 Å². The highest BCUT2D eigenvalue weighted by Crippen LogP contribution is 2.01. The lowest BCUT2D eigenvalue weighted by atomic mass is 10.2. The van der Waals surface area contributed by atoms with Crippen LogP contribution in [0.25, 0.3) is 0 Å². The van der Waals surface area contributed by atoms with Crippen molar-refractivity contribution in [3.63, 3.8) is 0 Å². The Kier molecular flexibility index (Phi) is 5.95. The third-order valence-corrected chi connectivity index (χ3v) is 3.63. The van der Waals surface area contributed by atoms with Gasteiger partial charge in [0.1, 0.15) is 0 Å². The topological polar surface area (TPSA) is 48.5 Å². The molecule has 0 bridgehead atoms. The molecule has 0 atom stereocenters. The van der Waals surface area contributed by atoms with Crippen molar-refractivity contribution >= 4 is 5.91 Å². The lowest BCUT2D eigenvalue weighted by molar-refractivity contribution is -0.131. The van der Waals surface area contributed by atoms with E-state index in [9.17, 15) is 4.79 Å². The van der Waals surface area contributed by atoms with Crippen LogP contribution in [0, 0.1) is 0 Å². The van der Waals surface area contributed by atoms with Gasteiger partial charge in [-0.3, -0.25) is 14.7 Å². The van der Waals surface area contributed by atoms with Crippen molar-refractivity contribution in [3.8, 4) is 0 Å². The van der Waals surface area contributed by atoms with Crippen LogP contribution in [0.15, 0.2) is 24.5 Å². The van der Waals surface area contributed by atoms with Gasteiger partial charge in [0.2, 0.25) is 5.91 Å². The Morgan fingerprint density at radius 1 is 1.35 bits per heavy atom. The van der Waals surface area contributed by atoms with E-state index in [1.54, 1.807) is 0 Å². The molecule has 0 aliphatic carbocycles. The molecule has 1 saturated heterocycles. The van der Waals surface area contributed by atoms with Crippen molar-refractivity contribution in [2.45, 2.75) is 12.8 Å². The summed E-state index contributed by atoms with van der Waals surface area (Å²) in [7, 11) is 2.01. The summed E-state index contributed by atoms with van der Waals surface area (Å²) in [6.45, 7) is 5.03. The summed E-state index contributed by atoms with van der Waals surface area (Å²) < 4.78 is 0. The van der Waals surface area contributed by atoms with Crippen molar-refractivity contribution in [2.24, 2.45) is 0 Å². The highest BCUT2D eigenvalue weighted by atomic mass is 16.2. The first-order valence-electron chi connectivity index (χ1n) is 7.31. The smallest absolute Gasteiger partial charge is 0.236 e. The van der Waals surface area contributed by atoms with Gasteiger partial charge < -0.3 is 10.2 Å². The second kappa shape index (κ2) is 7.97. The number of likely N-dealkylation sites (N-methyl/N-ethyl adjacent to an activating group) is 1. The maximum atomic E-state index is 12.2. The van der Waals surface area contributed by atoms with E-state index in [0.29, 0.717) is 6.54 Å².